The molecule has 10 heteroatoms. The molecule has 2 fully saturated rings. The van der Waals surface area contributed by atoms with Crippen molar-refractivity contribution in [3.8, 4) is 0 Å². The minimum Gasteiger partial charge on any atom is -0.377 e. The molecule has 0 spiro atoms. The summed E-state index contributed by atoms with van der Waals surface area (Å²) in [5, 5.41) is 6.56. The van der Waals surface area contributed by atoms with E-state index in [2.05, 4.69) is 39.1 Å². The monoisotopic (exact) mass is 545 g/mol. The Labute approximate surface area is 194 Å². The van der Waals surface area contributed by atoms with Crippen molar-refractivity contribution in [1.29, 1.82) is 0 Å². The Morgan fingerprint density at radius 1 is 1.21 bits per heavy atom. The van der Waals surface area contributed by atoms with Gasteiger partial charge in [0.15, 0.2) is 5.96 Å². The van der Waals surface area contributed by atoms with Gasteiger partial charge in [-0.25, -0.2) is 13.1 Å². The number of halogens is 1. The predicted octanol–water partition coefficient (Wildman–Crippen LogP) is 1.38. The van der Waals surface area contributed by atoms with E-state index in [9.17, 15) is 8.42 Å². The van der Waals surface area contributed by atoms with E-state index in [4.69, 9.17) is 4.74 Å². The fourth-order valence-electron chi connectivity index (χ4n) is 3.73. The molecule has 2 heterocycles. The van der Waals surface area contributed by atoms with Gasteiger partial charge in [-0.05, 0) is 38.0 Å². The molecule has 1 atom stereocenters. The lowest BCUT2D eigenvalue weighted by molar-refractivity contribution is 0.0200. The van der Waals surface area contributed by atoms with E-state index in [1.54, 1.807) is 7.05 Å². The fourth-order valence-corrected chi connectivity index (χ4v) is 4.68. The van der Waals surface area contributed by atoms with Gasteiger partial charge in [0.2, 0.25) is 10.0 Å². The van der Waals surface area contributed by atoms with E-state index >= 15 is 0 Å². The van der Waals surface area contributed by atoms with Crippen molar-refractivity contribution in [3.05, 3.63) is 0 Å². The number of guanidine groups is 1. The van der Waals surface area contributed by atoms with Gasteiger partial charge < -0.3 is 20.3 Å². The largest absolute Gasteiger partial charge is 0.377 e. The van der Waals surface area contributed by atoms with Crippen LogP contribution in [0.2, 0.25) is 0 Å². The molecule has 2 saturated heterocycles. The molecule has 0 radical (unpaired) electrons. The van der Waals surface area contributed by atoms with Crippen LogP contribution in [0.3, 0.4) is 0 Å². The molecule has 2 aliphatic heterocycles. The molecule has 1 unspecified atom stereocenters. The average molecular weight is 546 g/mol. The zero-order valence-corrected chi connectivity index (χ0v) is 21.3. The third kappa shape index (κ3) is 11.1. The summed E-state index contributed by atoms with van der Waals surface area (Å²) >= 11 is 0. The van der Waals surface area contributed by atoms with Gasteiger partial charge in [-0.1, -0.05) is 13.8 Å². The fraction of sp³-hybridized carbons (Fsp3) is 0.947. The van der Waals surface area contributed by atoms with Crippen LogP contribution in [-0.2, 0) is 14.8 Å². The number of hydrogen-bond donors (Lipinski definition) is 3. The summed E-state index contributed by atoms with van der Waals surface area (Å²) in [5.74, 6) is 1.39. The molecule has 8 nitrogen and oxygen atoms in total. The summed E-state index contributed by atoms with van der Waals surface area (Å²) < 4.78 is 32.6. The van der Waals surface area contributed by atoms with Crippen molar-refractivity contribution in [2.45, 2.75) is 58.1 Å². The van der Waals surface area contributed by atoms with Crippen molar-refractivity contribution in [3.63, 3.8) is 0 Å². The summed E-state index contributed by atoms with van der Waals surface area (Å²) in [7, 11) is -1.60. The third-order valence-corrected chi connectivity index (χ3v) is 6.59. The second-order valence-electron chi connectivity index (χ2n) is 8.27. The van der Waals surface area contributed by atoms with E-state index in [1.807, 2.05) is 0 Å². The zero-order chi connectivity index (χ0) is 20.4. The van der Waals surface area contributed by atoms with Crippen LogP contribution in [0, 0.1) is 5.92 Å². The van der Waals surface area contributed by atoms with Crippen molar-refractivity contribution in [2.24, 2.45) is 10.9 Å². The number of aliphatic imine (C=N–C) groups is 1. The van der Waals surface area contributed by atoms with E-state index in [0.717, 1.165) is 58.3 Å². The Morgan fingerprint density at radius 3 is 2.52 bits per heavy atom. The molecule has 29 heavy (non-hydrogen) atoms. The standard InChI is InChI=1S/C19H39N5O3S.HI/c1-16(2)15-24-10-7-17(8-11-24)23-19(20-3)21-9-13-28(25,26)22-14-18-6-4-5-12-27-18;/h16-18,22H,4-15H2,1-3H3,(H2,20,21,23);1H. The molecule has 0 aromatic rings. The number of sulfonamides is 1. The Balaban J connectivity index is 0.00000420. The highest BCUT2D eigenvalue weighted by Gasteiger charge is 2.21. The summed E-state index contributed by atoms with van der Waals surface area (Å²) in [5.41, 5.74) is 0. The summed E-state index contributed by atoms with van der Waals surface area (Å²) in [6.07, 6.45) is 5.26. The maximum Gasteiger partial charge on any atom is 0.213 e. The molecule has 0 aromatic heterocycles. The zero-order valence-electron chi connectivity index (χ0n) is 18.2. The number of nitrogens with zero attached hydrogens (tertiary/aromatic N) is 2. The highest BCUT2D eigenvalue weighted by Crippen LogP contribution is 2.12. The second kappa shape index (κ2) is 14.0. The highest BCUT2D eigenvalue weighted by atomic mass is 127. The van der Waals surface area contributed by atoms with Gasteiger partial charge in [0.1, 0.15) is 0 Å². The lowest BCUT2D eigenvalue weighted by atomic mass is 10.0. The number of ether oxygens (including phenoxy) is 1. The Morgan fingerprint density at radius 2 is 1.93 bits per heavy atom. The molecule has 0 aliphatic carbocycles. The average Bonchev–Trinajstić information content (AvgIpc) is 2.67. The number of rotatable bonds is 9. The smallest absolute Gasteiger partial charge is 0.213 e. The van der Waals surface area contributed by atoms with Crippen LogP contribution in [0.5, 0.6) is 0 Å². The van der Waals surface area contributed by atoms with Crippen LogP contribution in [0.15, 0.2) is 4.99 Å². The van der Waals surface area contributed by atoms with Crippen LogP contribution in [0.25, 0.3) is 0 Å². The molecule has 0 amide bonds. The minimum absolute atomic E-state index is 0. The van der Waals surface area contributed by atoms with Crippen LogP contribution < -0.4 is 15.4 Å². The van der Waals surface area contributed by atoms with Gasteiger partial charge in [-0.3, -0.25) is 4.99 Å². The molecular weight excluding hydrogens is 505 g/mol. The lowest BCUT2D eigenvalue weighted by Gasteiger charge is -2.34. The lowest BCUT2D eigenvalue weighted by Crippen LogP contribution is -2.50. The van der Waals surface area contributed by atoms with Gasteiger partial charge in [-0.15, -0.1) is 24.0 Å². The van der Waals surface area contributed by atoms with E-state index in [0.29, 0.717) is 31.0 Å². The first-order chi connectivity index (χ1) is 13.4. The summed E-state index contributed by atoms with van der Waals surface area (Å²) in [6.45, 7) is 9.25. The third-order valence-electron chi connectivity index (χ3n) is 5.24. The summed E-state index contributed by atoms with van der Waals surface area (Å²) in [6, 6.07) is 0.382. The van der Waals surface area contributed by atoms with Gasteiger partial charge in [0.05, 0.1) is 11.9 Å². The minimum atomic E-state index is -3.32. The van der Waals surface area contributed by atoms with Gasteiger partial charge >= 0.3 is 0 Å². The van der Waals surface area contributed by atoms with Gasteiger partial charge in [-0.2, -0.15) is 0 Å². The molecule has 2 rings (SSSR count). The summed E-state index contributed by atoms with van der Waals surface area (Å²) in [4.78, 5) is 6.74. The topological polar surface area (TPSA) is 95.1 Å². The normalized spacial score (nSPS) is 22.3. The maximum atomic E-state index is 12.2. The molecule has 2 aliphatic rings. The molecule has 172 valence electrons. The Hall–Kier alpha value is -0.170. The number of hydrogen-bond acceptors (Lipinski definition) is 5. The van der Waals surface area contributed by atoms with E-state index < -0.39 is 10.0 Å². The van der Waals surface area contributed by atoms with Gasteiger partial charge in [0.25, 0.3) is 0 Å². The molecule has 3 N–H and O–H groups in total. The molecule has 0 aromatic carbocycles. The van der Waals surface area contributed by atoms with Crippen LogP contribution in [0.4, 0.5) is 0 Å². The highest BCUT2D eigenvalue weighted by molar-refractivity contribution is 14.0. The number of nitrogens with one attached hydrogen (secondary N) is 3. The van der Waals surface area contributed by atoms with Crippen LogP contribution in [0.1, 0.15) is 46.0 Å². The number of piperidine rings is 1. The SMILES string of the molecule is CN=C(NCCS(=O)(=O)NCC1CCCCO1)NC1CCN(CC(C)C)CC1.I. The first-order valence-electron chi connectivity index (χ1n) is 10.7. The van der Waals surface area contributed by atoms with E-state index in [-0.39, 0.29) is 35.8 Å². The quantitative estimate of drug-likeness (QED) is 0.230. The number of likely N-dealkylation sites (tertiary alicyclic amines) is 1. The first kappa shape index (κ1) is 26.9. The molecular formula is C19H40IN5O3S. The predicted molar refractivity (Wildman–Crippen MR) is 130 cm³/mol. The Kier molecular flexibility index (Phi) is 13.0. The van der Waals surface area contributed by atoms with Crippen molar-refractivity contribution in [1.82, 2.24) is 20.3 Å². The first-order valence-corrected chi connectivity index (χ1v) is 12.3. The van der Waals surface area contributed by atoms with Crippen molar-refractivity contribution >= 4 is 40.0 Å². The Bertz CT molecular complexity index is 574. The van der Waals surface area contributed by atoms with Gasteiger partial charge in [0, 0.05) is 52.4 Å². The molecule has 0 bridgehead atoms. The van der Waals surface area contributed by atoms with Crippen LogP contribution >= 0.6 is 24.0 Å². The van der Waals surface area contributed by atoms with Crippen LogP contribution in [-0.4, -0.2) is 83.6 Å². The van der Waals surface area contributed by atoms with Crippen molar-refractivity contribution < 1.29 is 13.2 Å². The molecule has 0 saturated carbocycles. The van der Waals surface area contributed by atoms with Crippen molar-refractivity contribution in [2.75, 3.05) is 52.1 Å². The van der Waals surface area contributed by atoms with E-state index in [1.165, 1.54) is 0 Å². The second-order valence-corrected chi connectivity index (χ2v) is 10.2. The maximum absolute atomic E-state index is 12.2.